The number of Topliss-reactive ketones (excluding diaryl/α,β-unsaturated/α-hetero) is 1. The molecule has 36 heavy (non-hydrogen) atoms. The summed E-state index contributed by atoms with van der Waals surface area (Å²) >= 11 is 1.78. The maximum Gasteiger partial charge on any atom is 0.160 e. The fourth-order valence-electron chi connectivity index (χ4n) is 4.62. The molecule has 188 valence electrons. The van der Waals surface area contributed by atoms with Gasteiger partial charge in [-0.3, -0.25) is 4.79 Å². The molecule has 0 saturated carbocycles. The van der Waals surface area contributed by atoms with E-state index < -0.39 is 0 Å². The van der Waals surface area contributed by atoms with Gasteiger partial charge in [0.05, 0.1) is 25.3 Å². The summed E-state index contributed by atoms with van der Waals surface area (Å²) in [5, 5.41) is 0. The van der Waals surface area contributed by atoms with Gasteiger partial charge < -0.3 is 19.1 Å². The standard InChI is InChI=1S/C30H33NO4S/c1-4-7-24(18-25(32)20-33-2)22-11-13-26(14-12-22)35-21-28-16-15-27(36-28)19-31-17-6-9-23-8-5-10-29(34-3)30(23)31/h5,8,10-16,24H,6,9,17-21H2,1-3H3/t24-/m0/s1. The van der Waals surface area contributed by atoms with Crippen LogP contribution in [0.25, 0.3) is 0 Å². The maximum absolute atomic E-state index is 12.0. The first-order chi connectivity index (χ1) is 17.6. The zero-order valence-corrected chi connectivity index (χ0v) is 22.0. The van der Waals surface area contributed by atoms with Crippen LogP contribution in [0.3, 0.4) is 0 Å². The topological polar surface area (TPSA) is 48.0 Å². The van der Waals surface area contributed by atoms with Gasteiger partial charge in [-0.15, -0.1) is 17.3 Å². The summed E-state index contributed by atoms with van der Waals surface area (Å²) in [6.45, 7) is 4.33. The Bertz CT molecular complexity index is 1210. The summed E-state index contributed by atoms with van der Waals surface area (Å²) in [5.41, 5.74) is 3.60. The zero-order valence-electron chi connectivity index (χ0n) is 21.2. The van der Waals surface area contributed by atoms with Gasteiger partial charge in [0, 0.05) is 29.8 Å². The van der Waals surface area contributed by atoms with Gasteiger partial charge in [0.1, 0.15) is 24.7 Å². The minimum Gasteiger partial charge on any atom is -0.495 e. The minimum atomic E-state index is -0.134. The smallest absolute Gasteiger partial charge is 0.160 e. The number of aryl methyl sites for hydroxylation is 1. The third-order valence-electron chi connectivity index (χ3n) is 6.28. The van der Waals surface area contributed by atoms with Crippen molar-refractivity contribution >= 4 is 22.8 Å². The van der Waals surface area contributed by atoms with Crippen LogP contribution in [0.5, 0.6) is 11.5 Å². The number of carbonyl (C=O) groups is 1. The van der Waals surface area contributed by atoms with Crippen molar-refractivity contribution in [2.45, 2.75) is 45.3 Å². The number of ether oxygens (including phenoxy) is 3. The number of ketones is 1. The molecule has 0 amide bonds. The second-order valence-electron chi connectivity index (χ2n) is 8.84. The average Bonchev–Trinajstić information content (AvgIpc) is 3.34. The van der Waals surface area contributed by atoms with Crippen molar-refractivity contribution < 1.29 is 19.0 Å². The molecule has 1 aromatic heterocycles. The van der Waals surface area contributed by atoms with Gasteiger partial charge in [-0.1, -0.05) is 30.2 Å². The summed E-state index contributed by atoms with van der Waals surface area (Å²) in [6, 6.07) is 18.6. The number of rotatable bonds is 11. The lowest BCUT2D eigenvalue weighted by atomic mass is 9.94. The molecule has 0 saturated heterocycles. The molecule has 0 radical (unpaired) electrons. The average molecular weight is 504 g/mol. The van der Waals surface area contributed by atoms with Crippen molar-refractivity contribution in [1.29, 1.82) is 0 Å². The monoisotopic (exact) mass is 503 g/mol. The largest absolute Gasteiger partial charge is 0.495 e. The van der Waals surface area contributed by atoms with Crippen LogP contribution in [0.1, 0.15) is 46.6 Å². The minimum absolute atomic E-state index is 0.0468. The molecule has 0 bridgehead atoms. The summed E-state index contributed by atoms with van der Waals surface area (Å²) < 4.78 is 16.7. The Morgan fingerprint density at radius 1 is 1.08 bits per heavy atom. The van der Waals surface area contributed by atoms with Crippen LogP contribution in [0.15, 0.2) is 54.6 Å². The first-order valence-corrected chi connectivity index (χ1v) is 13.1. The fraction of sp³-hybridized carbons (Fsp3) is 0.367. The van der Waals surface area contributed by atoms with E-state index in [0.717, 1.165) is 43.0 Å². The van der Waals surface area contributed by atoms with Gasteiger partial charge in [-0.05, 0) is 61.2 Å². The highest BCUT2D eigenvalue weighted by molar-refractivity contribution is 7.11. The van der Waals surface area contributed by atoms with Crippen LogP contribution in [0.2, 0.25) is 0 Å². The van der Waals surface area contributed by atoms with Gasteiger partial charge in [0.2, 0.25) is 0 Å². The molecular formula is C30H33NO4S. The van der Waals surface area contributed by atoms with Gasteiger partial charge in [-0.2, -0.15) is 0 Å². The van der Waals surface area contributed by atoms with E-state index in [1.165, 1.54) is 28.1 Å². The normalized spacial score (nSPS) is 13.4. The summed E-state index contributed by atoms with van der Waals surface area (Å²) in [5.74, 6) is 7.74. The van der Waals surface area contributed by atoms with Crippen molar-refractivity contribution in [1.82, 2.24) is 0 Å². The molecule has 1 aliphatic heterocycles. The number of carbonyl (C=O) groups excluding carboxylic acids is 1. The highest BCUT2D eigenvalue weighted by Crippen LogP contribution is 2.37. The van der Waals surface area contributed by atoms with Crippen LogP contribution in [0, 0.1) is 11.8 Å². The first kappa shape index (κ1) is 25.8. The number of methoxy groups -OCH3 is 2. The Kier molecular flexibility index (Phi) is 9.05. The molecular weight excluding hydrogens is 470 g/mol. The van der Waals surface area contributed by atoms with E-state index in [1.807, 2.05) is 30.3 Å². The summed E-state index contributed by atoms with van der Waals surface area (Å²) in [4.78, 5) is 16.9. The van der Waals surface area contributed by atoms with E-state index in [1.54, 1.807) is 25.4 Å². The number of hydrogen-bond acceptors (Lipinski definition) is 6. The van der Waals surface area contributed by atoms with E-state index >= 15 is 0 Å². The number of anilines is 1. The predicted molar refractivity (Wildman–Crippen MR) is 145 cm³/mol. The molecule has 5 nitrogen and oxygen atoms in total. The van der Waals surface area contributed by atoms with Crippen LogP contribution in [0.4, 0.5) is 5.69 Å². The van der Waals surface area contributed by atoms with Crippen molar-refractivity contribution in [3.8, 4) is 23.3 Å². The Morgan fingerprint density at radius 2 is 1.89 bits per heavy atom. The van der Waals surface area contributed by atoms with Crippen LogP contribution in [-0.4, -0.2) is 33.2 Å². The van der Waals surface area contributed by atoms with E-state index in [0.29, 0.717) is 13.0 Å². The lowest BCUT2D eigenvalue weighted by molar-refractivity contribution is -0.122. The van der Waals surface area contributed by atoms with E-state index in [2.05, 4.69) is 41.0 Å². The molecule has 2 aromatic carbocycles. The summed E-state index contributed by atoms with van der Waals surface area (Å²) in [7, 11) is 3.28. The number of hydrogen-bond donors (Lipinski definition) is 0. The molecule has 0 spiro atoms. The quantitative estimate of drug-likeness (QED) is 0.300. The highest BCUT2D eigenvalue weighted by atomic mass is 32.1. The Morgan fingerprint density at radius 3 is 2.64 bits per heavy atom. The molecule has 2 heterocycles. The highest BCUT2D eigenvalue weighted by Gasteiger charge is 2.21. The lowest BCUT2D eigenvalue weighted by Crippen LogP contribution is -2.28. The van der Waals surface area contributed by atoms with E-state index in [4.69, 9.17) is 14.2 Å². The number of thiophene rings is 1. The molecule has 0 aliphatic carbocycles. The van der Waals surface area contributed by atoms with Gasteiger partial charge in [0.25, 0.3) is 0 Å². The van der Waals surface area contributed by atoms with Crippen molar-refractivity contribution in [3.63, 3.8) is 0 Å². The van der Waals surface area contributed by atoms with Gasteiger partial charge >= 0.3 is 0 Å². The van der Waals surface area contributed by atoms with E-state index in [-0.39, 0.29) is 18.3 Å². The van der Waals surface area contributed by atoms with Gasteiger partial charge in [0.15, 0.2) is 5.78 Å². The van der Waals surface area contributed by atoms with Crippen molar-refractivity contribution in [2.24, 2.45) is 0 Å². The molecule has 6 heteroatoms. The molecule has 0 unspecified atom stereocenters. The third kappa shape index (κ3) is 6.48. The Balaban J connectivity index is 1.35. The Hall–Kier alpha value is -3.27. The van der Waals surface area contributed by atoms with Crippen molar-refractivity contribution in [3.05, 3.63) is 75.5 Å². The molecule has 0 N–H and O–H groups in total. The molecule has 0 fully saturated rings. The van der Waals surface area contributed by atoms with Crippen LogP contribution >= 0.6 is 11.3 Å². The van der Waals surface area contributed by atoms with Crippen molar-refractivity contribution in [2.75, 3.05) is 32.3 Å². The first-order valence-electron chi connectivity index (χ1n) is 12.2. The molecule has 4 rings (SSSR count). The summed E-state index contributed by atoms with van der Waals surface area (Å²) in [6.07, 6.45) is 2.60. The second-order valence-corrected chi connectivity index (χ2v) is 10.1. The second kappa shape index (κ2) is 12.6. The van der Waals surface area contributed by atoms with Crippen LogP contribution < -0.4 is 14.4 Å². The SMILES string of the molecule is CC#C[C@@H](CC(=O)COC)c1ccc(OCc2ccc(CN3CCCc4cccc(OC)c43)s2)cc1. The predicted octanol–water partition coefficient (Wildman–Crippen LogP) is 6.00. The Labute approximate surface area is 218 Å². The van der Waals surface area contributed by atoms with Crippen LogP contribution in [-0.2, 0) is 29.1 Å². The van der Waals surface area contributed by atoms with Gasteiger partial charge in [-0.25, -0.2) is 0 Å². The third-order valence-corrected chi connectivity index (χ3v) is 7.32. The number of benzene rings is 2. The number of nitrogens with zero attached hydrogens (tertiary/aromatic N) is 1. The number of para-hydroxylation sites is 1. The molecule has 3 aromatic rings. The van der Waals surface area contributed by atoms with E-state index in [9.17, 15) is 4.79 Å². The fourth-order valence-corrected chi connectivity index (χ4v) is 5.57. The zero-order chi connectivity index (χ0) is 25.3. The maximum atomic E-state index is 12.0. The molecule has 1 aliphatic rings. The number of fused-ring (bicyclic) bond motifs is 1. The molecule has 1 atom stereocenters. The lowest BCUT2D eigenvalue weighted by Gasteiger charge is -2.32.